The monoisotopic (exact) mass is 477 g/mol. The second kappa shape index (κ2) is 11.1. The number of para-hydroxylation sites is 1. The normalized spacial score (nSPS) is 10.9. The van der Waals surface area contributed by atoms with Crippen LogP contribution in [0.3, 0.4) is 0 Å². The topological polar surface area (TPSA) is 82.6 Å². The van der Waals surface area contributed by atoms with E-state index in [0.717, 1.165) is 43.9 Å². The molecule has 1 N–H and O–H groups in total. The minimum absolute atomic E-state index is 0.226. The van der Waals surface area contributed by atoms with E-state index >= 15 is 0 Å². The van der Waals surface area contributed by atoms with Gasteiger partial charge in [0.2, 0.25) is 0 Å². The number of hydrogen-bond donors (Lipinski definition) is 1. The lowest BCUT2D eigenvalue weighted by atomic mass is 10.1. The Morgan fingerprint density at radius 2 is 1.94 bits per heavy atom. The molecule has 0 unspecified atom stereocenters. The lowest BCUT2D eigenvalue weighted by Gasteiger charge is -2.14. The first-order valence-corrected chi connectivity index (χ1v) is 12.0. The van der Waals surface area contributed by atoms with Gasteiger partial charge in [-0.05, 0) is 54.6 Å². The molecule has 0 spiro atoms. The van der Waals surface area contributed by atoms with E-state index in [1.54, 1.807) is 25.4 Å². The van der Waals surface area contributed by atoms with Gasteiger partial charge in [0.15, 0.2) is 5.82 Å². The first-order valence-electron chi connectivity index (χ1n) is 11.1. The molecule has 7 nitrogen and oxygen atoms in total. The number of nitrogens with one attached hydrogen (secondary N) is 1. The summed E-state index contributed by atoms with van der Waals surface area (Å²) in [7, 11) is 1.65. The predicted molar refractivity (Wildman–Crippen MR) is 135 cm³/mol. The summed E-state index contributed by atoms with van der Waals surface area (Å²) in [4.78, 5) is 11.8. The predicted octanol–water partition coefficient (Wildman–Crippen LogP) is 5.54. The molecule has 0 fully saturated rings. The number of thiophene rings is 1. The first-order chi connectivity index (χ1) is 16.6. The van der Waals surface area contributed by atoms with Crippen molar-refractivity contribution in [3.05, 3.63) is 65.0 Å². The van der Waals surface area contributed by atoms with Crippen LogP contribution in [0.2, 0.25) is 0 Å². The molecule has 2 aromatic heterocycles. The molecule has 176 valence electrons. The zero-order valence-corrected chi connectivity index (χ0v) is 20.3. The quantitative estimate of drug-likeness (QED) is 0.237. The number of esters is 1. The summed E-state index contributed by atoms with van der Waals surface area (Å²) < 4.78 is 17.1. The standard InChI is InChI=1S/C26H27N3O4S/c1-4-32-23(30)16-18-9-10-21(17(2)15-18)27-26-20-11-14-34-25(20)24(28-29-26)19-7-5-6-8-22(19)33-13-12-31-3/h5-11,14-15H,4,12-13,16H2,1-3H3,(H,27,29). The highest BCUT2D eigenvalue weighted by Gasteiger charge is 2.16. The fraction of sp³-hybridized carbons (Fsp3) is 0.269. The van der Waals surface area contributed by atoms with Crippen LogP contribution < -0.4 is 10.1 Å². The second-order valence-electron chi connectivity index (χ2n) is 7.65. The van der Waals surface area contributed by atoms with Crippen LogP contribution in [0.5, 0.6) is 5.75 Å². The van der Waals surface area contributed by atoms with Crippen LogP contribution >= 0.6 is 11.3 Å². The molecule has 0 atom stereocenters. The number of carbonyl (C=O) groups excluding carboxylic acids is 1. The van der Waals surface area contributed by atoms with Gasteiger partial charge in [0.1, 0.15) is 18.1 Å². The van der Waals surface area contributed by atoms with Gasteiger partial charge in [0.05, 0.1) is 24.3 Å². The molecule has 0 aliphatic carbocycles. The Morgan fingerprint density at radius 1 is 1.09 bits per heavy atom. The van der Waals surface area contributed by atoms with Gasteiger partial charge in [-0.25, -0.2) is 0 Å². The number of aryl methyl sites for hydroxylation is 1. The van der Waals surface area contributed by atoms with Crippen LogP contribution in [0.4, 0.5) is 11.5 Å². The Balaban J connectivity index is 1.61. The summed E-state index contributed by atoms with van der Waals surface area (Å²) in [6.45, 7) is 5.15. The van der Waals surface area contributed by atoms with Crippen molar-refractivity contribution < 1.29 is 19.0 Å². The number of ether oxygens (including phenoxy) is 3. The summed E-state index contributed by atoms with van der Waals surface area (Å²) >= 11 is 1.61. The number of rotatable bonds is 10. The molecule has 0 radical (unpaired) electrons. The lowest BCUT2D eigenvalue weighted by Crippen LogP contribution is -2.08. The molecule has 0 amide bonds. The van der Waals surface area contributed by atoms with Crippen molar-refractivity contribution in [2.24, 2.45) is 0 Å². The maximum atomic E-state index is 11.8. The van der Waals surface area contributed by atoms with Gasteiger partial charge >= 0.3 is 5.97 Å². The molecule has 0 saturated carbocycles. The molecule has 0 saturated heterocycles. The third-order valence-corrected chi connectivity index (χ3v) is 6.19. The molecule has 2 heterocycles. The molecule has 0 bridgehead atoms. The molecule has 4 rings (SSSR count). The highest BCUT2D eigenvalue weighted by atomic mass is 32.1. The smallest absolute Gasteiger partial charge is 0.310 e. The Morgan fingerprint density at radius 3 is 2.74 bits per heavy atom. The number of methoxy groups -OCH3 is 1. The fourth-order valence-corrected chi connectivity index (χ4v) is 4.55. The van der Waals surface area contributed by atoms with Crippen LogP contribution in [-0.2, 0) is 20.7 Å². The minimum Gasteiger partial charge on any atom is -0.490 e. The molecule has 4 aromatic rings. The van der Waals surface area contributed by atoms with E-state index < -0.39 is 0 Å². The summed E-state index contributed by atoms with van der Waals surface area (Å²) in [5, 5.41) is 15.5. The number of hydrogen-bond acceptors (Lipinski definition) is 8. The lowest BCUT2D eigenvalue weighted by molar-refractivity contribution is -0.142. The Kier molecular flexibility index (Phi) is 7.72. The van der Waals surface area contributed by atoms with Crippen LogP contribution in [0, 0.1) is 6.92 Å². The second-order valence-corrected chi connectivity index (χ2v) is 8.57. The number of aromatic nitrogens is 2. The van der Waals surface area contributed by atoms with E-state index in [0.29, 0.717) is 25.6 Å². The van der Waals surface area contributed by atoms with Crippen LogP contribution in [0.1, 0.15) is 18.1 Å². The van der Waals surface area contributed by atoms with Crippen molar-refractivity contribution >= 4 is 38.9 Å². The Labute approximate surface area is 202 Å². The van der Waals surface area contributed by atoms with Gasteiger partial charge in [0, 0.05) is 23.7 Å². The highest BCUT2D eigenvalue weighted by Crippen LogP contribution is 2.38. The molecular formula is C26H27N3O4S. The van der Waals surface area contributed by atoms with Crippen LogP contribution in [0.25, 0.3) is 21.3 Å². The highest BCUT2D eigenvalue weighted by molar-refractivity contribution is 7.17. The summed E-state index contributed by atoms with van der Waals surface area (Å²) in [5.41, 5.74) is 4.50. The average molecular weight is 478 g/mol. The van der Waals surface area contributed by atoms with E-state index in [9.17, 15) is 4.79 Å². The summed E-state index contributed by atoms with van der Waals surface area (Å²) in [5.74, 6) is 1.20. The fourth-order valence-electron chi connectivity index (χ4n) is 3.65. The molecule has 2 aromatic carbocycles. The maximum Gasteiger partial charge on any atom is 0.310 e. The number of benzene rings is 2. The van der Waals surface area contributed by atoms with E-state index in [1.165, 1.54) is 0 Å². The van der Waals surface area contributed by atoms with Gasteiger partial charge in [-0.1, -0.05) is 24.3 Å². The Bertz CT molecular complexity index is 1290. The number of fused-ring (bicyclic) bond motifs is 1. The van der Waals surface area contributed by atoms with Crippen molar-refractivity contribution in [3.63, 3.8) is 0 Å². The maximum absolute atomic E-state index is 11.8. The van der Waals surface area contributed by atoms with Crippen molar-refractivity contribution in [3.8, 4) is 17.0 Å². The van der Waals surface area contributed by atoms with E-state index in [2.05, 4.69) is 15.5 Å². The van der Waals surface area contributed by atoms with Gasteiger partial charge < -0.3 is 19.5 Å². The van der Waals surface area contributed by atoms with Gasteiger partial charge in [-0.2, -0.15) is 0 Å². The molecule has 8 heteroatoms. The van der Waals surface area contributed by atoms with Crippen LogP contribution in [-0.4, -0.2) is 43.1 Å². The Hall–Kier alpha value is -3.49. The zero-order chi connectivity index (χ0) is 23.9. The zero-order valence-electron chi connectivity index (χ0n) is 19.5. The van der Waals surface area contributed by atoms with E-state index in [1.807, 2.05) is 60.8 Å². The number of nitrogens with zero attached hydrogens (tertiary/aromatic N) is 2. The third-order valence-electron chi connectivity index (χ3n) is 5.27. The summed E-state index contributed by atoms with van der Waals surface area (Å²) in [6.07, 6.45) is 0.254. The largest absolute Gasteiger partial charge is 0.490 e. The van der Waals surface area contributed by atoms with Crippen molar-refractivity contribution in [2.45, 2.75) is 20.3 Å². The summed E-state index contributed by atoms with van der Waals surface area (Å²) in [6, 6.07) is 15.7. The van der Waals surface area contributed by atoms with Gasteiger partial charge in [0.25, 0.3) is 0 Å². The molecule has 0 aliphatic heterocycles. The minimum atomic E-state index is -0.226. The van der Waals surface area contributed by atoms with E-state index in [4.69, 9.17) is 14.2 Å². The van der Waals surface area contributed by atoms with Crippen molar-refractivity contribution in [2.75, 3.05) is 32.2 Å². The SMILES string of the molecule is CCOC(=O)Cc1ccc(Nc2nnc(-c3ccccc3OCCOC)c3sccc23)c(C)c1. The molecular weight excluding hydrogens is 450 g/mol. The molecule has 34 heavy (non-hydrogen) atoms. The van der Waals surface area contributed by atoms with Crippen molar-refractivity contribution in [1.29, 1.82) is 0 Å². The average Bonchev–Trinajstić information content (AvgIpc) is 3.32. The van der Waals surface area contributed by atoms with Gasteiger partial charge in [-0.3, -0.25) is 4.79 Å². The third kappa shape index (κ3) is 5.35. The molecule has 0 aliphatic rings. The number of carbonyl (C=O) groups is 1. The first kappa shape index (κ1) is 23.7. The number of anilines is 2. The van der Waals surface area contributed by atoms with E-state index in [-0.39, 0.29) is 12.4 Å². The van der Waals surface area contributed by atoms with Crippen LogP contribution in [0.15, 0.2) is 53.9 Å². The van der Waals surface area contributed by atoms with Gasteiger partial charge in [-0.15, -0.1) is 21.5 Å². The van der Waals surface area contributed by atoms with Crippen molar-refractivity contribution in [1.82, 2.24) is 10.2 Å².